The van der Waals surface area contributed by atoms with Crippen molar-refractivity contribution in [1.82, 2.24) is 14.9 Å². The number of rotatable bonds is 6. The monoisotopic (exact) mass is 387 g/mol. The summed E-state index contributed by atoms with van der Waals surface area (Å²) in [6.45, 7) is 5.92. The van der Waals surface area contributed by atoms with Crippen LogP contribution in [0.4, 0.5) is 0 Å². The minimum absolute atomic E-state index is 0. The summed E-state index contributed by atoms with van der Waals surface area (Å²) in [5, 5.41) is 6.09. The van der Waals surface area contributed by atoms with Crippen molar-refractivity contribution in [2.45, 2.75) is 31.2 Å². The highest BCUT2D eigenvalue weighted by Crippen LogP contribution is 2.17. The summed E-state index contributed by atoms with van der Waals surface area (Å²) in [6, 6.07) is 5.93. The van der Waals surface area contributed by atoms with Gasteiger partial charge in [-0.3, -0.25) is 4.79 Å². The summed E-state index contributed by atoms with van der Waals surface area (Å²) in [6.07, 6.45) is 3.01. The van der Waals surface area contributed by atoms with Crippen LogP contribution in [0.25, 0.3) is 0 Å². The van der Waals surface area contributed by atoms with Gasteiger partial charge in [0, 0.05) is 31.7 Å². The predicted octanol–water partition coefficient (Wildman–Crippen LogP) is 1.79. The molecule has 25 heavy (non-hydrogen) atoms. The number of benzene rings is 1. The zero-order valence-electron chi connectivity index (χ0n) is 14.8. The molecule has 0 saturated heterocycles. The minimum Gasteiger partial charge on any atom is -0.348 e. The van der Waals surface area contributed by atoms with Crippen LogP contribution >= 0.6 is 12.4 Å². The van der Waals surface area contributed by atoms with Crippen molar-refractivity contribution in [2.24, 2.45) is 0 Å². The highest BCUT2D eigenvalue weighted by molar-refractivity contribution is 7.89. The van der Waals surface area contributed by atoms with Gasteiger partial charge in [0.2, 0.25) is 10.0 Å². The maximum atomic E-state index is 12.4. The highest BCUT2D eigenvalue weighted by Gasteiger charge is 2.23. The number of carbonyl (C=O) groups excluding carboxylic acids is 1. The van der Waals surface area contributed by atoms with Crippen molar-refractivity contribution < 1.29 is 13.2 Å². The van der Waals surface area contributed by atoms with Crippen molar-refractivity contribution >= 4 is 28.3 Å². The van der Waals surface area contributed by atoms with Gasteiger partial charge in [0.1, 0.15) is 0 Å². The van der Waals surface area contributed by atoms with Gasteiger partial charge in [-0.05, 0) is 51.1 Å². The maximum absolute atomic E-state index is 12.4. The van der Waals surface area contributed by atoms with E-state index in [-0.39, 0.29) is 29.3 Å². The van der Waals surface area contributed by atoms with Gasteiger partial charge in [0.05, 0.1) is 4.90 Å². The zero-order valence-corrected chi connectivity index (χ0v) is 16.4. The Labute approximate surface area is 156 Å². The van der Waals surface area contributed by atoms with Gasteiger partial charge in [0.15, 0.2) is 0 Å². The van der Waals surface area contributed by atoms with Crippen molar-refractivity contribution in [1.29, 1.82) is 0 Å². The molecule has 0 fully saturated rings. The quantitative estimate of drug-likeness (QED) is 0.729. The van der Waals surface area contributed by atoms with Gasteiger partial charge in [-0.25, -0.2) is 8.42 Å². The molecule has 1 heterocycles. The van der Waals surface area contributed by atoms with Crippen LogP contribution in [0.15, 0.2) is 40.8 Å². The summed E-state index contributed by atoms with van der Waals surface area (Å²) >= 11 is 0. The molecule has 0 aliphatic carbocycles. The Balaban J connectivity index is 0.00000312. The summed E-state index contributed by atoms with van der Waals surface area (Å²) in [5.74, 6) is -0.199. The van der Waals surface area contributed by atoms with E-state index in [1.165, 1.54) is 22.0 Å². The SMILES string of the molecule is CC(C)N(C)S(=O)(=O)c1ccc(C(=O)NCC2=CCNCC2)cc1.Cl. The third-order valence-corrected chi connectivity index (χ3v) is 6.20. The smallest absolute Gasteiger partial charge is 0.251 e. The van der Waals surface area contributed by atoms with E-state index in [1.807, 2.05) is 13.8 Å². The number of amides is 1. The van der Waals surface area contributed by atoms with E-state index >= 15 is 0 Å². The van der Waals surface area contributed by atoms with Crippen LogP contribution in [-0.4, -0.2) is 51.4 Å². The Morgan fingerprint density at radius 3 is 2.44 bits per heavy atom. The summed E-state index contributed by atoms with van der Waals surface area (Å²) in [4.78, 5) is 12.4. The Bertz CT molecular complexity index is 715. The van der Waals surface area contributed by atoms with Crippen molar-refractivity contribution in [3.8, 4) is 0 Å². The molecule has 0 radical (unpaired) electrons. The number of carbonyl (C=O) groups is 1. The van der Waals surface area contributed by atoms with E-state index in [0.29, 0.717) is 12.1 Å². The normalized spacial score (nSPS) is 14.8. The Morgan fingerprint density at radius 2 is 1.92 bits per heavy atom. The van der Waals surface area contributed by atoms with Crippen molar-refractivity contribution in [3.63, 3.8) is 0 Å². The molecular weight excluding hydrogens is 362 g/mol. The lowest BCUT2D eigenvalue weighted by Crippen LogP contribution is -2.33. The molecule has 6 nitrogen and oxygen atoms in total. The molecule has 0 unspecified atom stereocenters. The Hall–Kier alpha value is -1.41. The summed E-state index contributed by atoms with van der Waals surface area (Å²) in [7, 11) is -1.98. The number of halogens is 1. The van der Waals surface area contributed by atoms with Gasteiger partial charge >= 0.3 is 0 Å². The lowest BCUT2D eigenvalue weighted by molar-refractivity contribution is 0.0956. The van der Waals surface area contributed by atoms with Crippen LogP contribution in [0.5, 0.6) is 0 Å². The van der Waals surface area contributed by atoms with Gasteiger partial charge in [-0.1, -0.05) is 11.6 Å². The number of hydrogen-bond donors (Lipinski definition) is 2. The van der Waals surface area contributed by atoms with E-state index in [1.54, 1.807) is 19.2 Å². The fourth-order valence-electron chi connectivity index (χ4n) is 2.35. The third-order valence-electron chi connectivity index (χ3n) is 4.15. The topological polar surface area (TPSA) is 78.5 Å². The summed E-state index contributed by atoms with van der Waals surface area (Å²) < 4.78 is 26.1. The van der Waals surface area contributed by atoms with Crippen LogP contribution in [0.2, 0.25) is 0 Å². The Kier molecular flexibility index (Phi) is 8.08. The molecule has 1 amide bonds. The molecule has 0 bridgehead atoms. The molecule has 2 rings (SSSR count). The number of sulfonamides is 1. The van der Waals surface area contributed by atoms with Crippen LogP contribution in [-0.2, 0) is 10.0 Å². The molecule has 1 aliphatic rings. The Morgan fingerprint density at radius 1 is 1.28 bits per heavy atom. The van der Waals surface area contributed by atoms with Gasteiger partial charge in [-0.15, -0.1) is 12.4 Å². The minimum atomic E-state index is -3.52. The molecule has 1 aromatic rings. The van der Waals surface area contributed by atoms with Crippen LogP contribution in [0.1, 0.15) is 30.6 Å². The first-order valence-corrected chi connectivity index (χ1v) is 9.51. The van der Waals surface area contributed by atoms with E-state index in [9.17, 15) is 13.2 Å². The van der Waals surface area contributed by atoms with Gasteiger partial charge in [-0.2, -0.15) is 4.31 Å². The first-order valence-electron chi connectivity index (χ1n) is 8.07. The second-order valence-electron chi connectivity index (χ2n) is 6.14. The lowest BCUT2D eigenvalue weighted by atomic mass is 10.1. The number of nitrogens with zero attached hydrogens (tertiary/aromatic N) is 1. The van der Waals surface area contributed by atoms with E-state index in [0.717, 1.165) is 19.5 Å². The van der Waals surface area contributed by atoms with Crippen molar-refractivity contribution in [3.05, 3.63) is 41.5 Å². The van der Waals surface area contributed by atoms with Crippen LogP contribution < -0.4 is 10.6 Å². The average molecular weight is 388 g/mol. The van der Waals surface area contributed by atoms with Crippen molar-refractivity contribution in [2.75, 3.05) is 26.7 Å². The van der Waals surface area contributed by atoms with E-state index < -0.39 is 10.0 Å². The molecule has 0 aromatic heterocycles. The fourth-order valence-corrected chi connectivity index (χ4v) is 3.72. The second kappa shape index (κ2) is 9.33. The first-order chi connectivity index (χ1) is 11.3. The van der Waals surface area contributed by atoms with Crippen LogP contribution in [0.3, 0.4) is 0 Å². The van der Waals surface area contributed by atoms with Gasteiger partial charge < -0.3 is 10.6 Å². The third kappa shape index (κ3) is 5.54. The predicted molar refractivity (Wildman–Crippen MR) is 102 cm³/mol. The molecule has 1 aromatic carbocycles. The standard InChI is InChI=1S/C17H25N3O3S.ClH/c1-13(2)20(3)24(22,23)16-6-4-15(5-7-16)17(21)19-12-14-8-10-18-11-9-14;/h4-8,13,18H,9-12H2,1-3H3,(H,19,21);1H. The first kappa shape index (κ1) is 21.6. The molecule has 8 heteroatoms. The lowest BCUT2D eigenvalue weighted by Gasteiger charge is -2.21. The molecule has 0 saturated carbocycles. The number of hydrogen-bond acceptors (Lipinski definition) is 4. The van der Waals surface area contributed by atoms with E-state index in [2.05, 4.69) is 16.7 Å². The fraction of sp³-hybridized carbons (Fsp3) is 0.471. The molecule has 0 spiro atoms. The van der Waals surface area contributed by atoms with E-state index in [4.69, 9.17) is 0 Å². The largest absolute Gasteiger partial charge is 0.348 e. The molecule has 0 atom stereocenters. The molecule has 1 aliphatic heterocycles. The highest BCUT2D eigenvalue weighted by atomic mass is 35.5. The van der Waals surface area contributed by atoms with Crippen LogP contribution in [0, 0.1) is 0 Å². The van der Waals surface area contributed by atoms with Gasteiger partial charge in [0.25, 0.3) is 5.91 Å². The molecular formula is C17H26ClN3O3S. The summed E-state index contributed by atoms with van der Waals surface area (Å²) in [5.41, 5.74) is 1.66. The maximum Gasteiger partial charge on any atom is 0.251 e. The second-order valence-corrected chi connectivity index (χ2v) is 8.14. The zero-order chi connectivity index (χ0) is 17.7. The number of nitrogens with one attached hydrogen (secondary N) is 2. The average Bonchev–Trinajstić information content (AvgIpc) is 2.59. The molecule has 2 N–H and O–H groups in total. The molecule has 140 valence electrons.